The highest BCUT2D eigenvalue weighted by Gasteiger charge is 2.29. The molecular formula is C27H31FN4O7S2. The Hall–Kier alpha value is -3.56. The standard InChI is InChI=1S/C27H31FN4O7S2/c1-30(2)41(36,37)32(25-7-5-4-6-23(25)28)19-20-8-10-21(11-9-20)27(33)29-24-18-22(12-13-26(24)38-3)40(34,35)31-14-16-39-17-15-31/h4-13,18H,14-17,19H2,1-3H3,(H,29,33). The summed E-state index contributed by atoms with van der Waals surface area (Å²) in [4.78, 5) is 13.1. The number of nitrogens with one attached hydrogen (secondary N) is 1. The predicted molar refractivity (Wildman–Crippen MR) is 152 cm³/mol. The molecule has 4 rings (SSSR count). The fourth-order valence-electron chi connectivity index (χ4n) is 4.15. The molecule has 1 amide bonds. The number of halogens is 1. The van der Waals surface area contributed by atoms with Gasteiger partial charge >= 0.3 is 10.2 Å². The molecule has 41 heavy (non-hydrogen) atoms. The van der Waals surface area contributed by atoms with E-state index in [0.29, 0.717) is 18.8 Å². The van der Waals surface area contributed by atoms with E-state index in [-0.39, 0.29) is 47.2 Å². The third-order valence-corrected chi connectivity index (χ3v) is 10.1. The summed E-state index contributed by atoms with van der Waals surface area (Å²) in [7, 11) is -3.74. The maximum Gasteiger partial charge on any atom is 0.303 e. The Labute approximate surface area is 239 Å². The van der Waals surface area contributed by atoms with E-state index in [1.165, 1.54) is 74.0 Å². The highest BCUT2D eigenvalue weighted by molar-refractivity contribution is 7.90. The molecule has 0 aliphatic carbocycles. The third-order valence-electron chi connectivity index (χ3n) is 6.43. The molecule has 0 saturated carbocycles. The quantitative estimate of drug-likeness (QED) is 0.376. The number of benzene rings is 3. The molecule has 3 aromatic rings. The normalized spacial score (nSPS) is 14.6. The first kappa shape index (κ1) is 30.4. The molecule has 1 aliphatic rings. The van der Waals surface area contributed by atoms with Crippen molar-refractivity contribution in [2.75, 3.05) is 57.1 Å². The van der Waals surface area contributed by atoms with Crippen LogP contribution in [-0.4, -0.2) is 78.9 Å². The average molecular weight is 607 g/mol. The minimum atomic E-state index is -4.04. The molecular weight excluding hydrogens is 575 g/mol. The average Bonchev–Trinajstić information content (AvgIpc) is 2.97. The molecule has 0 radical (unpaired) electrons. The Kier molecular flexibility index (Phi) is 9.29. The number of methoxy groups -OCH3 is 1. The van der Waals surface area contributed by atoms with Gasteiger partial charge in [-0.3, -0.25) is 9.10 Å². The van der Waals surface area contributed by atoms with Crippen LogP contribution in [-0.2, 0) is 31.5 Å². The van der Waals surface area contributed by atoms with Crippen molar-refractivity contribution >= 4 is 37.5 Å². The second-order valence-corrected chi connectivity index (χ2v) is 13.3. The van der Waals surface area contributed by atoms with Crippen LogP contribution in [0.15, 0.2) is 71.6 Å². The van der Waals surface area contributed by atoms with E-state index in [0.717, 1.165) is 8.61 Å². The first-order chi connectivity index (χ1) is 19.4. The number of nitrogens with zero attached hydrogens (tertiary/aromatic N) is 3. The van der Waals surface area contributed by atoms with Crippen molar-refractivity contribution < 1.29 is 35.5 Å². The van der Waals surface area contributed by atoms with E-state index >= 15 is 0 Å². The molecule has 1 fully saturated rings. The van der Waals surface area contributed by atoms with E-state index in [2.05, 4.69) is 5.32 Å². The van der Waals surface area contributed by atoms with Crippen LogP contribution < -0.4 is 14.4 Å². The number of carbonyl (C=O) groups is 1. The summed E-state index contributed by atoms with van der Waals surface area (Å²) in [5.41, 5.74) is 0.789. The van der Waals surface area contributed by atoms with Crippen LogP contribution in [0.2, 0.25) is 0 Å². The number of ether oxygens (including phenoxy) is 2. The van der Waals surface area contributed by atoms with Gasteiger partial charge < -0.3 is 14.8 Å². The van der Waals surface area contributed by atoms with Crippen LogP contribution in [0.25, 0.3) is 0 Å². The first-order valence-corrected chi connectivity index (χ1v) is 15.4. The lowest BCUT2D eigenvalue weighted by atomic mass is 10.1. The van der Waals surface area contributed by atoms with Gasteiger partial charge in [0.1, 0.15) is 11.6 Å². The molecule has 1 saturated heterocycles. The molecule has 11 nitrogen and oxygen atoms in total. The number of sulfonamides is 1. The number of amides is 1. The number of hydrogen-bond donors (Lipinski definition) is 1. The van der Waals surface area contributed by atoms with Gasteiger partial charge in [-0.05, 0) is 48.0 Å². The van der Waals surface area contributed by atoms with Crippen molar-refractivity contribution in [3.63, 3.8) is 0 Å². The minimum absolute atomic E-state index is 0.00110. The summed E-state index contributed by atoms with van der Waals surface area (Å²) in [6, 6.07) is 15.9. The zero-order valence-corrected chi connectivity index (χ0v) is 24.4. The predicted octanol–water partition coefficient (Wildman–Crippen LogP) is 2.92. The van der Waals surface area contributed by atoms with Crippen molar-refractivity contribution in [1.82, 2.24) is 8.61 Å². The van der Waals surface area contributed by atoms with Gasteiger partial charge in [-0.2, -0.15) is 17.0 Å². The molecule has 0 unspecified atom stereocenters. The summed E-state index contributed by atoms with van der Waals surface area (Å²) in [6.45, 7) is 0.875. The number of rotatable bonds is 10. The Bertz CT molecular complexity index is 1610. The summed E-state index contributed by atoms with van der Waals surface area (Å²) in [5.74, 6) is -0.964. The highest BCUT2D eigenvalue weighted by atomic mass is 32.2. The van der Waals surface area contributed by atoms with Crippen molar-refractivity contribution in [2.24, 2.45) is 0 Å². The van der Waals surface area contributed by atoms with Gasteiger partial charge in [-0.1, -0.05) is 24.3 Å². The zero-order chi connectivity index (χ0) is 29.8. The van der Waals surface area contributed by atoms with Gasteiger partial charge in [-0.25, -0.2) is 12.8 Å². The number of carbonyl (C=O) groups excluding carboxylic acids is 1. The summed E-state index contributed by atoms with van der Waals surface area (Å²) in [5, 5.41) is 2.69. The number of para-hydroxylation sites is 1. The van der Waals surface area contributed by atoms with Crippen LogP contribution in [0.3, 0.4) is 0 Å². The molecule has 0 spiro atoms. The molecule has 1 N–H and O–H groups in total. The molecule has 3 aromatic carbocycles. The fourth-order valence-corrected chi connectivity index (χ4v) is 6.68. The van der Waals surface area contributed by atoms with Crippen LogP contribution in [0.1, 0.15) is 15.9 Å². The third kappa shape index (κ3) is 6.68. The van der Waals surface area contributed by atoms with Gasteiger partial charge in [0.25, 0.3) is 5.91 Å². The number of morpholine rings is 1. The molecule has 220 valence electrons. The van der Waals surface area contributed by atoms with Crippen LogP contribution >= 0.6 is 0 Å². The second kappa shape index (κ2) is 12.5. The van der Waals surface area contributed by atoms with Crippen molar-refractivity contribution in [2.45, 2.75) is 11.4 Å². The largest absolute Gasteiger partial charge is 0.495 e. The van der Waals surface area contributed by atoms with E-state index < -0.39 is 32.0 Å². The van der Waals surface area contributed by atoms with E-state index in [1.807, 2.05) is 0 Å². The van der Waals surface area contributed by atoms with Crippen molar-refractivity contribution in [3.05, 3.63) is 83.7 Å². The van der Waals surface area contributed by atoms with Gasteiger partial charge in [0.15, 0.2) is 0 Å². The second-order valence-electron chi connectivity index (χ2n) is 9.28. The lowest BCUT2D eigenvalue weighted by Gasteiger charge is -2.27. The van der Waals surface area contributed by atoms with Gasteiger partial charge in [-0.15, -0.1) is 0 Å². The summed E-state index contributed by atoms with van der Waals surface area (Å²) in [6.07, 6.45) is 0. The Morgan fingerprint density at radius 1 is 1.00 bits per heavy atom. The fraction of sp³-hybridized carbons (Fsp3) is 0.296. The maximum absolute atomic E-state index is 14.5. The van der Waals surface area contributed by atoms with E-state index in [4.69, 9.17) is 9.47 Å². The Morgan fingerprint density at radius 2 is 1.66 bits per heavy atom. The van der Waals surface area contributed by atoms with Gasteiger partial charge in [0, 0.05) is 32.7 Å². The molecule has 1 aliphatic heterocycles. The lowest BCUT2D eigenvalue weighted by Crippen LogP contribution is -2.40. The zero-order valence-electron chi connectivity index (χ0n) is 22.8. The molecule has 1 heterocycles. The SMILES string of the molecule is COc1ccc(S(=O)(=O)N2CCOCC2)cc1NC(=O)c1ccc(CN(c2ccccc2F)S(=O)(=O)N(C)C)cc1. The molecule has 0 atom stereocenters. The highest BCUT2D eigenvalue weighted by Crippen LogP contribution is 2.30. The Balaban J connectivity index is 1.56. The topological polar surface area (TPSA) is 126 Å². The van der Waals surface area contributed by atoms with Crippen LogP contribution in [0, 0.1) is 5.82 Å². The van der Waals surface area contributed by atoms with Crippen molar-refractivity contribution in [1.29, 1.82) is 0 Å². The number of anilines is 2. The monoisotopic (exact) mass is 606 g/mol. The lowest BCUT2D eigenvalue weighted by molar-refractivity contribution is 0.0730. The van der Waals surface area contributed by atoms with Crippen LogP contribution in [0.5, 0.6) is 5.75 Å². The molecule has 0 aromatic heterocycles. The first-order valence-electron chi connectivity index (χ1n) is 12.6. The number of hydrogen-bond acceptors (Lipinski definition) is 7. The maximum atomic E-state index is 14.5. The van der Waals surface area contributed by atoms with E-state index in [9.17, 15) is 26.0 Å². The van der Waals surface area contributed by atoms with Gasteiger partial charge in [0.2, 0.25) is 10.0 Å². The summed E-state index contributed by atoms with van der Waals surface area (Å²) >= 11 is 0. The Morgan fingerprint density at radius 3 is 2.27 bits per heavy atom. The van der Waals surface area contributed by atoms with Crippen LogP contribution in [0.4, 0.5) is 15.8 Å². The molecule has 0 bridgehead atoms. The smallest absolute Gasteiger partial charge is 0.303 e. The summed E-state index contributed by atoms with van der Waals surface area (Å²) < 4.78 is 80.5. The minimum Gasteiger partial charge on any atom is -0.495 e. The van der Waals surface area contributed by atoms with E-state index in [1.54, 1.807) is 18.2 Å². The van der Waals surface area contributed by atoms with Gasteiger partial charge in [0.05, 0.1) is 43.1 Å². The van der Waals surface area contributed by atoms with Crippen molar-refractivity contribution in [3.8, 4) is 5.75 Å². The molecule has 14 heteroatoms.